The molecule has 0 unspecified atom stereocenters. The van der Waals surface area contributed by atoms with Crippen molar-refractivity contribution in [2.24, 2.45) is 4.99 Å². The van der Waals surface area contributed by atoms with E-state index in [0.717, 1.165) is 16.7 Å². The van der Waals surface area contributed by atoms with Crippen LogP contribution in [-0.2, 0) is 12.7 Å². The molecule has 0 aliphatic carbocycles. The van der Waals surface area contributed by atoms with Gasteiger partial charge in [-0.1, -0.05) is 0 Å². The number of thiazole rings is 1. The van der Waals surface area contributed by atoms with Crippen molar-refractivity contribution in [3.8, 4) is 0 Å². The number of alkyl halides is 5. The van der Waals surface area contributed by atoms with Gasteiger partial charge in [-0.15, -0.1) is 35.3 Å². The molecule has 12 heteroatoms. The average molecular weight is 527 g/mol. The summed E-state index contributed by atoms with van der Waals surface area (Å²) in [5.74, 6) is 0.489. The van der Waals surface area contributed by atoms with Crippen molar-refractivity contribution in [1.82, 2.24) is 20.5 Å². The van der Waals surface area contributed by atoms with Crippen LogP contribution >= 0.6 is 35.3 Å². The first kappa shape index (κ1) is 24.3. The Hall–Kier alpha value is -0.760. The predicted octanol–water partition coefficient (Wildman–Crippen LogP) is 3.56. The second-order valence-corrected chi connectivity index (χ2v) is 6.87. The number of piperidine rings is 1. The molecule has 0 amide bonds. The smallest absolute Gasteiger partial charge is 0.357 e. The lowest BCUT2D eigenvalue weighted by Crippen LogP contribution is -2.49. The Kier molecular flexibility index (Phi) is 10.2. The molecule has 1 aliphatic rings. The molecule has 0 aromatic carbocycles. The van der Waals surface area contributed by atoms with E-state index < -0.39 is 18.3 Å². The van der Waals surface area contributed by atoms with E-state index in [1.807, 2.05) is 6.92 Å². The molecule has 1 fully saturated rings. The van der Waals surface area contributed by atoms with Crippen molar-refractivity contribution in [3.05, 3.63) is 16.1 Å². The second kappa shape index (κ2) is 11.3. The first-order valence-corrected chi connectivity index (χ1v) is 9.22. The summed E-state index contributed by atoms with van der Waals surface area (Å²) in [6.07, 6.45) is -5.38. The Labute approximate surface area is 175 Å². The summed E-state index contributed by atoms with van der Waals surface area (Å²) in [4.78, 5) is 9.56. The number of guanidine groups is 1. The molecule has 2 rings (SSSR count). The zero-order valence-corrected chi connectivity index (χ0v) is 17.9. The van der Waals surface area contributed by atoms with E-state index in [9.17, 15) is 22.0 Å². The molecule has 27 heavy (non-hydrogen) atoms. The van der Waals surface area contributed by atoms with E-state index in [-0.39, 0.29) is 48.1 Å². The van der Waals surface area contributed by atoms with Gasteiger partial charge in [0.05, 0.1) is 13.1 Å². The summed E-state index contributed by atoms with van der Waals surface area (Å²) in [5, 5.41) is 7.51. The number of nitrogens with one attached hydrogen (secondary N) is 2. The van der Waals surface area contributed by atoms with E-state index in [2.05, 4.69) is 20.6 Å². The minimum Gasteiger partial charge on any atom is -0.357 e. The highest BCUT2D eigenvalue weighted by Crippen LogP contribution is 2.30. The van der Waals surface area contributed by atoms with Crippen molar-refractivity contribution in [2.75, 3.05) is 26.2 Å². The molecule has 0 bridgehead atoms. The lowest BCUT2D eigenvalue weighted by molar-refractivity contribution is -0.140. The first-order valence-electron chi connectivity index (χ1n) is 8.35. The van der Waals surface area contributed by atoms with Crippen molar-refractivity contribution >= 4 is 41.3 Å². The maximum Gasteiger partial charge on any atom is 0.434 e. The molecule has 1 aromatic rings. The molecule has 0 spiro atoms. The maximum atomic E-state index is 12.6. The molecule has 1 saturated heterocycles. The molecule has 0 atom stereocenters. The predicted molar refractivity (Wildman–Crippen MR) is 106 cm³/mol. The Morgan fingerprint density at radius 2 is 2.04 bits per heavy atom. The van der Waals surface area contributed by atoms with Crippen LogP contribution in [-0.4, -0.2) is 54.5 Å². The fourth-order valence-corrected chi connectivity index (χ4v) is 3.35. The number of aliphatic imine (C=N–C) groups is 1. The molecule has 1 aromatic heterocycles. The van der Waals surface area contributed by atoms with Gasteiger partial charge in [0, 0.05) is 31.1 Å². The summed E-state index contributed by atoms with van der Waals surface area (Å²) in [7, 11) is 0. The molecule has 5 nitrogen and oxygen atoms in total. The van der Waals surface area contributed by atoms with Crippen LogP contribution < -0.4 is 10.6 Å². The van der Waals surface area contributed by atoms with Crippen LogP contribution in [0.5, 0.6) is 0 Å². The van der Waals surface area contributed by atoms with E-state index in [4.69, 9.17) is 0 Å². The molecule has 1 aliphatic heterocycles. The van der Waals surface area contributed by atoms with Crippen LogP contribution in [0.2, 0.25) is 0 Å². The van der Waals surface area contributed by atoms with Gasteiger partial charge in [0.2, 0.25) is 0 Å². The highest BCUT2D eigenvalue weighted by atomic mass is 127. The van der Waals surface area contributed by atoms with Gasteiger partial charge in [-0.25, -0.2) is 18.8 Å². The molecule has 2 N–H and O–H groups in total. The molecule has 156 valence electrons. The zero-order chi connectivity index (χ0) is 19.2. The molecular weight excluding hydrogens is 504 g/mol. The third-order valence-electron chi connectivity index (χ3n) is 3.88. The fourth-order valence-electron chi connectivity index (χ4n) is 2.63. The lowest BCUT2D eigenvalue weighted by atomic mass is 10.1. The van der Waals surface area contributed by atoms with Gasteiger partial charge in [-0.2, -0.15) is 13.2 Å². The Balaban J connectivity index is 0.00000364. The van der Waals surface area contributed by atoms with Gasteiger partial charge < -0.3 is 10.6 Å². The third kappa shape index (κ3) is 8.42. The fraction of sp³-hybridized carbons (Fsp3) is 0.733. The van der Waals surface area contributed by atoms with E-state index in [0.29, 0.717) is 38.4 Å². The van der Waals surface area contributed by atoms with Crippen molar-refractivity contribution in [1.29, 1.82) is 0 Å². The maximum absolute atomic E-state index is 12.6. The number of nitrogens with zero attached hydrogens (tertiary/aromatic N) is 3. The van der Waals surface area contributed by atoms with E-state index >= 15 is 0 Å². The monoisotopic (exact) mass is 527 g/mol. The molecule has 0 saturated carbocycles. The summed E-state index contributed by atoms with van der Waals surface area (Å²) in [5.41, 5.74) is -0.905. The summed E-state index contributed by atoms with van der Waals surface area (Å²) in [6, 6.07) is 0.0868. The Morgan fingerprint density at radius 1 is 1.37 bits per heavy atom. The van der Waals surface area contributed by atoms with Crippen LogP contribution in [0.25, 0.3) is 0 Å². The van der Waals surface area contributed by atoms with Crippen LogP contribution in [0, 0.1) is 0 Å². The topological polar surface area (TPSA) is 52.6 Å². The van der Waals surface area contributed by atoms with Gasteiger partial charge in [0.25, 0.3) is 6.43 Å². The number of rotatable bonds is 6. The Bertz CT molecular complexity index is 587. The van der Waals surface area contributed by atoms with E-state index in [1.165, 1.54) is 0 Å². The highest BCUT2D eigenvalue weighted by Gasteiger charge is 2.33. The van der Waals surface area contributed by atoms with Gasteiger partial charge >= 0.3 is 6.18 Å². The quantitative estimate of drug-likeness (QED) is 0.257. The zero-order valence-electron chi connectivity index (χ0n) is 14.7. The lowest BCUT2D eigenvalue weighted by Gasteiger charge is -2.32. The minimum atomic E-state index is -4.45. The van der Waals surface area contributed by atoms with E-state index in [1.54, 1.807) is 4.90 Å². The van der Waals surface area contributed by atoms with Gasteiger partial charge in [-0.3, -0.25) is 4.90 Å². The minimum absolute atomic E-state index is 0. The van der Waals surface area contributed by atoms with Crippen LogP contribution in [0.15, 0.2) is 10.4 Å². The molecule has 0 radical (unpaired) electrons. The first-order chi connectivity index (χ1) is 12.3. The van der Waals surface area contributed by atoms with Crippen molar-refractivity contribution in [3.63, 3.8) is 0 Å². The Morgan fingerprint density at radius 3 is 2.56 bits per heavy atom. The van der Waals surface area contributed by atoms with Gasteiger partial charge in [0.1, 0.15) is 5.01 Å². The second-order valence-electron chi connectivity index (χ2n) is 5.93. The third-order valence-corrected chi connectivity index (χ3v) is 4.72. The molecule has 2 heterocycles. The van der Waals surface area contributed by atoms with Crippen LogP contribution in [0.3, 0.4) is 0 Å². The normalized spacial score (nSPS) is 17.1. The van der Waals surface area contributed by atoms with Gasteiger partial charge in [-0.05, 0) is 19.8 Å². The number of hydrogen-bond donors (Lipinski definition) is 2. The summed E-state index contributed by atoms with van der Waals surface area (Å²) >= 11 is 0.917. The molecular formula is C15H23F5IN5S. The number of aromatic nitrogens is 1. The number of likely N-dealkylation sites (tertiary alicyclic amines) is 1. The highest BCUT2D eigenvalue weighted by molar-refractivity contribution is 14.0. The largest absolute Gasteiger partial charge is 0.434 e. The van der Waals surface area contributed by atoms with Gasteiger partial charge in [0.15, 0.2) is 11.7 Å². The van der Waals surface area contributed by atoms with Crippen molar-refractivity contribution < 1.29 is 22.0 Å². The average Bonchev–Trinajstić information content (AvgIpc) is 3.03. The summed E-state index contributed by atoms with van der Waals surface area (Å²) in [6.45, 7) is 3.45. The summed E-state index contributed by atoms with van der Waals surface area (Å²) < 4.78 is 62.5. The van der Waals surface area contributed by atoms with Crippen LogP contribution in [0.4, 0.5) is 22.0 Å². The van der Waals surface area contributed by atoms with Crippen LogP contribution in [0.1, 0.15) is 30.5 Å². The standard InChI is InChI=1S/C15H22F5N5S.HI/c1-2-21-14(22-7-13-24-11(9-26-13)15(18,19)20)23-10-3-5-25(6-4-10)8-12(16)17;/h9-10,12H,2-8H2,1H3,(H2,21,22,23);1H. The van der Waals surface area contributed by atoms with Crippen molar-refractivity contribution in [2.45, 2.75) is 45.0 Å². The SMILES string of the molecule is CCNC(=NCc1nc(C(F)(F)F)cs1)NC1CCN(CC(F)F)CC1.I. The number of halogens is 6. The number of hydrogen-bond acceptors (Lipinski definition) is 4.